The molecule has 94 heavy (non-hydrogen) atoms. The molecule has 17 nitrogen and oxygen atoms in total. The van der Waals surface area contributed by atoms with Crippen molar-refractivity contribution in [2.75, 3.05) is 39.6 Å². The lowest BCUT2D eigenvalue weighted by molar-refractivity contribution is -0.161. The third kappa shape index (κ3) is 67.3. The number of rotatable bonds is 73. The molecular weight excluding hydrogens is 1230 g/mol. The van der Waals surface area contributed by atoms with Gasteiger partial charge in [-0.3, -0.25) is 37.3 Å². The molecule has 0 heterocycles. The predicted octanol–water partition coefficient (Wildman–Crippen LogP) is 21.8. The molecule has 558 valence electrons. The van der Waals surface area contributed by atoms with Gasteiger partial charge < -0.3 is 33.8 Å². The van der Waals surface area contributed by atoms with Crippen molar-refractivity contribution in [1.82, 2.24) is 0 Å². The first-order chi connectivity index (χ1) is 45.3. The van der Waals surface area contributed by atoms with Crippen molar-refractivity contribution in [2.45, 2.75) is 401 Å². The van der Waals surface area contributed by atoms with E-state index in [-0.39, 0.29) is 25.7 Å². The van der Waals surface area contributed by atoms with Crippen LogP contribution < -0.4 is 0 Å². The number of hydrogen-bond donors (Lipinski definition) is 3. The Labute approximate surface area is 575 Å². The SMILES string of the molecule is CCCCCCCCCCC(=O)OC[C@H](COP(=O)(O)OC[C@H](O)COP(=O)(O)OC[C@@H](COC(=O)CCCCCCCCCCCCCCCCC(C)C)OC(=O)CCCCCCCCCCCCCCCCC(C)CC)OC(=O)CCCCCCCCCCC(C)C. The molecule has 0 aromatic heterocycles. The number of carbonyl (C=O) groups is 4. The highest BCUT2D eigenvalue weighted by atomic mass is 31.2. The van der Waals surface area contributed by atoms with Crippen molar-refractivity contribution in [3.8, 4) is 0 Å². The van der Waals surface area contributed by atoms with Gasteiger partial charge in [-0.2, -0.15) is 0 Å². The molecule has 0 saturated carbocycles. The molecule has 0 spiro atoms. The summed E-state index contributed by atoms with van der Waals surface area (Å²) in [6.07, 6.45) is 51.4. The number of unbranched alkanes of at least 4 members (excludes halogenated alkanes) is 40. The van der Waals surface area contributed by atoms with Crippen molar-refractivity contribution >= 4 is 39.5 Å². The summed E-state index contributed by atoms with van der Waals surface area (Å²) in [5.41, 5.74) is 0. The van der Waals surface area contributed by atoms with Gasteiger partial charge in [-0.15, -0.1) is 0 Å². The van der Waals surface area contributed by atoms with Gasteiger partial charge in [0, 0.05) is 25.7 Å². The zero-order chi connectivity index (χ0) is 69.4. The van der Waals surface area contributed by atoms with E-state index in [0.29, 0.717) is 25.7 Å². The lowest BCUT2D eigenvalue weighted by Gasteiger charge is -2.21. The maximum absolute atomic E-state index is 13.1. The zero-order valence-corrected chi connectivity index (χ0v) is 63.2. The molecule has 0 aromatic carbocycles. The van der Waals surface area contributed by atoms with Crippen LogP contribution in [0.4, 0.5) is 0 Å². The number of aliphatic hydroxyl groups is 1. The first kappa shape index (κ1) is 92.1. The van der Waals surface area contributed by atoms with Gasteiger partial charge in [0.15, 0.2) is 12.2 Å². The molecule has 6 atom stereocenters. The van der Waals surface area contributed by atoms with Gasteiger partial charge in [0.05, 0.1) is 26.4 Å². The number of carbonyl (C=O) groups excluding carboxylic acids is 4. The third-order valence-corrected chi connectivity index (χ3v) is 19.6. The molecular formula is C75H146O17P2. The Morgan fingerprint density at radius 2 is 0.543 bits per heavy atom. The summed E-state index contributed by atoms with van der Waals surface area (Å²) in [4.78, 5) is 72.7. The van der Waals surface area contributed by atoms with Crippen molar-refractivity contribution in [2.24, 2.45) is 17.8 Å². The van der Waals surface area contributed by atoms with Crippen LogP contribution in [0.25, 0.3) is 0 Å². The average molecular weight is 1380 g/mol. The topological polar surface area (TPSA) is 237 Å². The summed E-state index contributed by atoms with van der Waals surface area (Å²) in [7, 11) is -9.91. The van der Waals surface area contributed by atoms with Crippen LogP contribution in [-0.4, -0.2) is 96.7 Å². The molecule has 0 amide bonds. The maximum atomic E-state index is 13.1. The quantitative estimate of drug-likeness (QED) is 0.0222. The third-order valence-electron chi connectivity index (χ3n) is 17.7. The highest BCUT2D eigenvalue weighted by Crippen LogP contribution is 2.45. The average Bonchev–Trinajstić information content (AvgIpc) is 1.09. The van der Waals surface area contributed by atoms with E-state index in [1.807, 2.05) is 0 Å². The summed E-state index contributed by atoms with van der Waals surface area (Å²) >= 11 is 0. The van der Waals surface area contributed by atoms with Gasteiger partial charge in [0.1, 0.15) is 19.3 Å². The maximum Gasteiger partial charge on any atom is 0.472 e. The molecule has 0 fully saturated rings. The number of phosphoric ester groups is 2. The monoisotopic (exact) mass is 1380 g/mol. The second-order valence-electron chi connectivity index (χ2n) is 28.2. The predicted molar refractivity (Wildman–Crippen MR) is 381 cm³/mol. The van der Waals surface area contributed by atoms with Gasteiger partial charge in [0.25, 0.3) is 0 Å². The van der Waals surface area contributed by atoms with Gasteiger partial charge >= 0.3 is 39.5 Å². The van der Waals surface area contributed by atoms with Gasteiger partial charge in [-0.1, -0.05) is 331 Å². The summed E-state index contributed by atoms with van der Waals surface area (Å²) in [6.45, 7) is 11.9. The van der Waals surface area contributed by atoms with Crippen LogP contribution in [0.5, 0.6) is 0 Å². The first-order valence-electron chi connectivity index (χ1n) is 38.9. The summed E-state index contributed by atoms with van der Waals surface area (Å²) in [5, 5.41) is 10.6. The molecule has 0 rings (SSSR count). The van der Waals surface area contributed by atoms with E-state index < -0.39 is 97.5 Å². The Morgan fingerprint density at radius 3 is 0.809 bits per heavy atom. The summed E-state index contributed by atoms with van der Waals surface area (Å²) in [5.74, 6) is 0.241. The molecule has 3 unspecified atom stereocenters. The van der Waals surface area contributed by atoms with E-state index in [0.717, 1.165) is 114 Å². The molecule has 0 bridgehead atoms. The Kier molecular flexibility index (Phi) is 64.3. The smallest absolute Gasteiger partial charge is 0.462 e. The van der Waals surface area contributed by atoms with Crippen LogP contribution in [0.1, 0.15) is 382 Å². The molecule has 0 aliphatic rings. The minimum atomic E-state index is -4.96. The number of hydrogen-bond acceptors (Lipinski definition) is 15. The molecule has 0 aromatic rings. The van der Waals surface area contributed by atoms with Crippen LogP contribution >= 0.6 is 15.6 Å². The molecule has 0 aliphatic carbocycles. The fraction of sp³-hybridized carbons (Fsp3) is 0.947. The summed E-state index contributed by atoms with van der Waals surface area (Å²) < 4.78 is 68.4. The van der Waals surface area contributed by atoms with E-state index >= 15 is 0 Å². The molecule has 0 saturated heterocycles. The first-order valence-corrected chi connectivity index (χ1v) is 41.9. The van der Waals surface area contributed by atoms with Crippen LogP contribution in [0.2, 0.25) is 0 Å². The lowest BCUT2D eigenvalue weighted by atomic mass is 9.99. The van der Waals surface area contributed by atoms with E-state index in [1.165, 1.54) is 186 Å². The van der Waals surface area contributed by atoms with E-state index in [2.05, 4.69) is 48.5 Å². The van der Waals surface area contributed by atoms with Crippen molar-refractivity contribution in [3.63, 3.8) is 0 Å². The Bertz CT molecular complexity index is 1840. The van der Waals surface area contributed by atoms with E-state index in [4.69, 9.17) is 37.0 Å². The fourth-order valence-corrected chi connectivity index (χ4v) is 13.0. The van der Waals surface area contributed by atoms with Crippen molar-refractivity contribution < 1.29 is 80.2 Å². The minimum absolute atomic E-state index is 0.104. The van der Waals surface area contributed by atoms with Crippen molar-refractivity contribution in [3.05, 3.63) is 0 Å². The second-order valence-corrected chi connectivity index (χ2v) is 31.1. The van der Waals surface area contributed by atoms with E-state index in [9.17, 15) is 43.2 Å². The highest BCUT2D eigenvalue weighted by molar-refractivity contribution is 7.47. The van der Waals surface area contributed by atoms with Crippen molar-refractivity contribution in [1.29, 1.82) is 0 Å². The second kappa shape index (κ2) is 65.7. The molecule has 3 N–H and O–H groups in total. The summed E-state index contributed by atoms with van der Waals surface area (Å²) in [6, 6.07) is 0. The van der Waals surface area contributed by atoms with E-state index in [1.54, 1.807) is 0 Å². The Hall–Kier alpha value is -1.94. The van der Waals surface area contributed by atoms with Crippen LogP contribution in [0.15, 0.2) is 0 Å². The number of ether oxygens (including phenoxy) is 4. The van der Waals surface area contributed by atoms with Crippen LogP contribution in [-0.2, 0) is 65.4 Å². The van der Waals surface area contributed by atoms with Gasteiger partial charge in [0.2, 0.25) is 0 Å². The largest absolute Gasteiger partial charge is 0.472 e. The molecule has 0 radical (unpaired) electrons. The Morgan fingerprint density at radius 1 is 0.309 bits per heavy atom. The highest BCUT2D eigenvalue weighted by Gasteiger charge is 2.30. The standard InChI is InChI=1S/C75H146O17P2/c1-8-10-11-12-13-35-42-49-56-72(77)85-62-70(92-75(80)59-52-45-38-31-30-33-40-47-54-67(5)6)64-89-93(81,82)87-60-69(76)61-88-94(83,84)90-65-71(63-86-73(78)57-50-43-36-28-24-20-16-14-18-22-26-32-39-46-53-66(3)4)91-74(79)58-51-44-37-29-25-21-17-15-19-23-27-34-41-48-55-68(7)9-2/h66-71,76H,8-65H2,1-7H3,(H,81,82)(H,83,84)/t68?,69-,70+,71+/m0/s1. The molecule has 0 aliphatic heterocycles. The minimum Gasteiger partial charge on any atom is -0.462 e. The van der Waals surface area contributed by atoms with Crippen LogP contribution in [0, 0.1) is 17.8 Å². The zero-order valence-electron chi connectivity index (χ0n) is 61.4. The number of esters is 4. The fourth-order valence-electron chi connectivity index (χ4n) is 11.4. The normalized spacial score (nSPS) is 14.4. The molecule has 19 heteroatoms. The number of aliphatic hydroxyl groups excluding tert-OH is 1. The number of phosphoric acid groups is 2. The Balaban J connectivity index is 5.21. The lowest BCUT2D eigenvalue weighted by Crippen LogP contribution is -2.30. The van der Waals surface area contributed by atoms with Crippen LogP contribution in [0.3, 0.4) is 0 Å². The van der Waals surface area contributed by atoms with Gasteiger partial charge in [-0.25, -0.2) is 9.13 Å². The van der Waals surface area contributed by atoms with Gasteiger partial charge in [-0.05, 0) is 43.4 Å².